The Kier molecular flexibility index (Phi) is 6.89. The van der Waals surface area contributed by atoms with Gasteiger partial charge in [-0.15, -0.1) is 5.10 Å². The number of rotatable bonds is 5. The van der Waals surface area contributed by atoms with Gasteiger partial charge in [0, 0.05) is 22.9 Å². The van der Waals surface area contributed by atoms with Crippen molar-refractivity contribution >= 4 is 23.4 Å². The van der Waals surface area contributed by atoms with Crippen LogP contribution in [0.4, 0.5) is 8.78 Å². The van der Waals surface area contributed by atoms with Crippen molar-refractivity contribution < 1.29 is 28.8 Å². The number of nitrogens with zero attached hydrogens (tertiary/aromatic N) is 5. The summed E-state index contributed by atoms with van der Waals surface area (Å²) >= 11 is 7.04. The minimum atomic E-state index is -1.37. The number of aromatic nitrogens is 4. The van der Waals surface area contributed by atoms with E-state index in [1.165, 1.54) is 24.7 Å². The monoisotopic (exact) mass is 495 g/mol. The summed E-state index contributed by atoms with van der Waals surface area (Å²) in [6.07, 6.45) is 0.500. The van der Waals surface area contributed by atoms with Gasteiger partial charge in [-0.1, -0.05) is 28.6 Å². The Morgan fingerprint density at radius 3 is 2.55 bits per heavy atom. The highest BCUT2D eigenvalue weighted by atomic mass is 35.5. The predicted octanol–water partition coefficient (Wildman–Crippen LogP) is 1.92. The number of pyridine rings is 1. The van der Waals surface area contributed by atoms with E-state index in [-0.39, 0.29) is 11.3 Å². The van der Waals surface area contributed by atoms with Gasteiger partial charge in [-0.25, -0.2) is 13.5 Å². The molecule has 33 heavy (non-hydrogen) atoms. The first-order valence-electron chi connectivity index (χ1n) is 9.53. The molecule has 3 aromatic rings. The Morgan fingerprint density at radius 1 is 1.18 bits per heavy atom. The van der Waals surface area contributed by atoms with Crippen LogP contribution in [0.15, 0.2) is 41.7 Å². The lowest BCUT2D eigenvalue weighted by Crippen LogP contribution is -2.55. The summed E-state index contributed by atoms with van der Waals surface area (Å²) in [7, 11) is 0. The average Bonchev–Trinajstić information content (AvgIpc) is 3.25. The van der Waals surface area contributed by atoms with E-state index in [1.807, 2.05) is 0 Å². The third kappa shape index (κ3) is 4.70. The summed E-state index contributed by atoms with van der Waals surface area (Å²) in [6, 6.07) is 3.83. The van der Waals surface area contributed by atoms with Crippen LogP contribution in [-0.2, 0) is 4.74 Å². The number of thioether (sulfide) groups is 1. The van der Waals surface area contributed by atoms with E-state index in [0.29, 0.717) is 9.92 Å². The van der Waals surface area contributed by atoms with E-state index in [9.17, 15) is 24.1 Å². The van der Waals surface area contributed by atoms with Gasteiger partial charge in [-0.3, -0.25) is 4.98 Å². The Bertz CT molecular complexity index is 1190. The van der Waals surface area contributed by atoms with Crippen molar-refractivity contribution in [2.75, 3.05) is 6.61 Å². The highest BCUT2D eigenvalue weighted by Crippen LogP contribution is 2.38. The van der Waals surface area contributed by atoms with Crippen LogP contribution in [0.3, 0.4) is 0 Å². The molecular weight excluding hydrogens is 480 g/mol. The minimum absolute atomic E-state index is 0.0147. The van der Waals surface area contributed by atoms with Crippen molar-refractivity contribution in [3.8, 4) is 17.3 Å². The lowest BCUT2D eigenvalue weighted by molar-refractivity contribution is -0.178. The maximum absolute atomic E-state index is 14.0. The lowest BCUT2D eigenvalue weighted by atomic mass is 9.97. The second-order valence-electron chi connectivity index (χ2n) is 7.16. The number of hydrogen-bond acceptors (Lipinski definition) is 9. The first-order chi connectivity index (χ1) is 15.8. The number of halogens is 3. The molecule has 1 saturated heterocycles. The summed E-state index contributed by atoms with van der Waals surface area (Å²) in [5, 5.41) is 48.3. The smallest absolute Gasteiger partial charge is 0.144 e. The Hall–Kier alpha value is -2.66. The molecule has 1 aliphatic heterocycles. The van der Waals surface area contributed by atoms with E-state index in [2.05, 4.69) is 15.3 Å². The highest BCUT2D eigenvalue weighted by molar-refractivity contribution is 7.99. The van der Waals surface area contributed by atoms with Gasteiger partial charge in [0.05, 0.1) is 17.8 Å². The van der Waals surface area contributed by atoms with Crippen molar-refractivity contribution in [2.45, 2.75) is 34.7 Å². The zero-order valence-corrected chi connectivity index (χ0v) is 18.2. The minimum Gasteiger partial charge on any atom is -0.394 e. The average molecular weight is 496 g/mol. The molecule has 13 heteroatoms. The molecule has 3 N–H and O–H groups in total. The molecule has 1 aliphatic rings. The van der Waals surface area contributed by atoms with Crippen LogP contribution in [0.5, 0.6) is 0 Å². The number of nitriles is 1. The van der Waals surface area contributed by atoms with E-state index in [0.717, 1.165) is 28.6 Å². The van der Waals surface area contributed by atoms with Crippen LogP contribution in [0.1, 0.15) is 11.6 Å². The number of hydrogen-bond donors (Lipinski definition) is 3. The first kappa shape index (κ1) is 23.5. The summed E-state index contributed by atoms with van der Waals surface area (Å²) < 4.78 is 34.8. The van der Waals surface area contributed by atoms with E-state index >= 15 is 0 Å². The molecule has 4 rings (SSSR count). The lowest BCUT2D eigenvalue weighted by Gasteiger charge is -2.41. The summed E-state index contributed by atoms with van der Waals surface area (Å²) in [5.74, 6) is -2.11. The van der Waals surface area contributed by atoms with Crippen LogP contribution < -0.4 is 0 Å². The van der Waals surface area contributed by atoms with Crippen molar-refractivity contribution in [2.24, 2.45) is 0 Å². The molecule has 9 nitrogen and oxygen atoms in total. The quantitative estimate of drug-likeness (QED) is 0.484. The zero-order chi connectivity index (χ0) is 23.7. The molecule has 2 aromatic heterocycles. The molecule has 1 fully saturated rings. The molecule has 3 heterocycles. The Morgan fingerprint density at radius 2 is 1.91 bits per heavy atom. The van der Waals surface area contributed by atoms with Crippen LogP contribution in [0.2, 0.25) is 5.02 Å². The van der Waals surface area contributed by atoms with Gasteiger partial charge in [-0.05, 0) is 18.2 Å². The van der Waals surface area contributed by atoms with Crippen LogP contribution in [-0.4, -0.2) is 65.7 Å². The topological polar surface area (TPSA) is 137 Å². The van der Waals surface area contributed by atoms with Crippen LogP contribution >= 0.6 is 23.4 Å². The van der Waals surface area contributed by atoms with Crippen molar-refractivity contribution in [3.63, 3.8) is 0 Å². The maximum atomic E-state index is 14.0. The number of benzene rings is 1. The van der Waals surface area contributed by atoms with Crippen molar-refractivity contribution in [3.05, 3.63) is 59.0 Å². The maximum Gasteiger partial charge on any atom is 0.144 e. The molecule has 4 unspecified atom stereocenters. The number of aliphatic hydroxyl groups excluding tert-OH is 3. The van der Waals surface area contributed by atoms with Gasteiger partial charge in [0.15, 0.2) is 0 Å². The van der Waals surface area contributed by atoms with Gasteiger partial charge in [0.1, 0.15) is 58.8 Å². The Balaban J connectivity index is 1.64. The van der Waals surface area contributed by atoms with Crippen LogP contribution in [0.25, 0.3) is 11.3 Å². The van der Waals surface area contributed by atoms with Gasteiger partial charge < -0.3 is 20.1 Å². The molecular formula is C20H16ClF2N5O4S. The summed E-state index contributed by atoms with van der Waals surface area (Å²) in [6.45, 7) is -0.539. The van der Waals surface area contributed by atoms with Crippen molar-refractivity contribution in [1.82, 2.24) is 20.0 Å². The zero-order valence-electron chi connectivity index (χ0n) is 16.6. The first-order valence-corrected chi connectivity index (χ1v) is 10.8. The molecule has 0 spiro atoms. The SMILES string of the molecule is N#Cc1c(F)cc(-c2cn(C3C(O)C(CO)OC(Sc4cncc(Cl)c4)[C@H]3O)nn2)cc1F. The molecule has 172 valence electrons. The summed E-state index contributed by atoms with van der Waals surface area (Å²) in [5.41, 5.74) is -1.59. The predicted molar refractivity (Wildman–Crippen MR) is 112 cm³/mol. The normalized spacial score (nSPS) is 25.1. The Labute approximate surface area is 195 Å². The number of aliphatic hydroxyl groups is 3. The molecule has 0 amide bonds. The fourth-order valence-electron chi connectivity index (χ4n) is 3.45. The third-order valence-corrected chi connectivity index (χ3v) is 6.37. The van der Waals surface area contributed by atoms with Crippen LogP contribution in [0, 0.1) is 23.0 Å². The largest absolute Gasteiger partial charge is 0.394 e. The molecule has 0 bridgehead atoms. The summed E-state index contributed by atoms with van der Waals surface area (Å²) in [4.78, 5) is 4.56. The van der Waals surface area contributed by atoms with E-state index in [1.54, 1.807) is 6.07 Å². The molecule has 5 atom stereocenters. The van der Waals surface area contributed by atoms with Gasteiger partial charge in [-0.2, -0.15) is 5.26 Å². The second-order valence-corrected chi connectivity index (χ2v) is 8.77. The van der Waals surface area contributed by atoms with Gasteiger partial charge >= 0.3 is 0 Å². The fraction of sp³-hybridized carbons (Fsp3) is 0.300. The molecule has 0 saturated carbocycles. The van der Waals surface area contributed by atoms with E-state index < -0.39 is 53.6 Å². The fourth-order valence-corrected chi connectivity index (χ4v) is 4.77. The standard InChI is InChI=1S/C20H16ClF2N5O4S/c21-10-3-11(6-25-5-10)33-20-19(31)17(18(30)16(8-29)32-20)28-7-15(26-27-28)9-1-13(22)12(4-24)14(23)2-9/h1-3,5-7,16-20,29-31H,8H2/t16?,17?,18?,19-,20?/m0/s1. The molecule has 0 aliphatic carbocycles. The highest BCUT2D eigenvalue weighted by Gasteiger charge is 2.46. The third-order valence-electron chi connectivity index (χ3n) is 5.05. The van der Waals surface area contributed by atoms with Crippen molar-refractivity contribution in [1.29, 1.82) is 5.26 Å². The van der Waals surface area contributed by atoms with E-state index in [4.69, 9.17) is 21.6 Å². The second kappa shape index (κ2) is 9.68. The van der Waals surface area contributed by atoms with Gasteiger partial charge in [0.25, 0.3) is 0 Å². The van der Waals surface area contributed by atoms with Gasteiger partial charge in [0.2, 0.25) is 0 Å². The molecule has 1 aromatic carbocycles. The molecule has 0 radical (unpaired) electrons. The number of ether oxygens (including phenoxy) is 1.